The molecule has 0 bridgehead atoms. The molecular weight excluding hydrogens is 245 g/mol. The lowest BCUT2D eigenvalue weighted by Crippen LogP contribution is -2.21. The third-order valence-corrected chi connectivity index (χ3v) is 2.60. The molecule has 0 aliphatic rings. The molecule has 0 saturated heterocycles. The van der Waals surface area contributed by atoms with E-state index in [9.17, 15) is 4.39 Å². The Labute approximate surface area is 92.9 Å². The van der Waals surface area contributed by atoms with E-state index in [1.165, 1.54) is 6.20 Å². The highest BCUT2D eigenvalue weighted by atomic mass is 79.9. The molecule has 0 aliphatic heterocycles. The van der Waals surface area contributed by atoms with Gasteiger partial charge in [-0.25, -0.2) is 4.39 Å². The first-order valence-corrected chi connectivity index (χ1v) is 5.58. The third kappa shape index (κ3) is 3.05. The molecule has 1 unspecified atom stereocenters. The topological polar surface area (TPSA) is 12.9 Å². The Morgan fingerprint density at radius 1 is 1.50 bits per heavy atom. The van der Waals surface area contributed by atoms with Crippen molar-refractivity contribution in [1.82, 2.24) is 4.98 Å². The summed E-state index contributed by atoms with van der Waals surface area (Å²) in [6.07, 6.45) is 3.92. The summed E-state index contributed by atoms with van der Waals surface area (Å²) >= 11 is 3.51. The van der Waals surface area contributed by atoms with Crippen LogP contribution in [0.1, 0.15) is 32.8 Å². The highest BCUT2D eigenvalue weighted by Gasteiger charge is 2.23. The Morgan fingerprint density at radius 2 is 2.14 bits per heavy atom. The van der Waals surface area contributed by atoms with Gasteiger partial charge >= 0.3 is 0 Å². The fourth-order valence-corrected chi connectivity index (χ4v) is 2.41. The van der Waals surface area contributed by atoms with E-state index >= 15 is 0 Å². The molecule has 0 saturated carbocycles. The predicted molar refractivity (Wildman–Crippen MR) is 60.2 cm³/mol. The molecule has 14 heavy (non-hydrogen) atoms. The van der Waals surface area contributed by atoms with E-state index in [-0.39, 0.29) is 11.2 Å². The van der Waals surface area contributed by atoms with Gasteiger partial charge in [0.25, 0.3) is 0 Å². The molecule has 1 aromatic heterocycles. The quantitative estimate of drug-likeness (QED) is 0.755. The Bertz CT molecular complexity index is 310. The molecule has 0 spiro atoms. The van der Waals surface area contributed by atoms with Crippen molar-refractivity contribution >= 4 is 15.9 Å². The first-order valence-electron chi connectivity index (χ1n) is 4.67. The normalized spacial score (nSPS) is 14.1. The van der Waals surface area contributed by atoms with Crippen molar-refractivity contribution in [2.45, 2.75) is 37.4 Å². The predicted octanol–water partition coefficient (Wildman–Crippen LogP) is 3.67. The van der Waals surface area contributed by atoms with Crippen LogP contribution in [-0.4, -0.2) is 9.81 Å². The minimum Gasteiger partial charge on any atom is -0.261 e. The largest absolute Gasteiger partial charge is 0.261 e. The summed E-state index contributed by atoms with van der Waals surface area (Å²) in [6.45, 7) is 6.29. The van der Waals surface area contributed by atoms with Crippen LogP contribution >= 0.6 is 15.9 Å². The monoisotopic (exact) mass is 259 g/mol. The maximum Gasteiger partial charge on any atom is 0.141 e. The van der Waals surface area contributed by atoms with E-state index < -0.39 is 0 Å². The number of rotatable bonds is 3. The first-order chi connectivity index (χ1) is 6.42. The lowest BCUT2D eigenvalue weighted by Gasteiger charge is -2.26. The van der Waals surface area contributed by atoms with E-state index in [1.807, 2.05) is 0 Å². The molecule has 0 aliphatic carbocycles. The van der Waals surface area contributed by atoms with Crippen molar-refractivity contribution in [2.75, 3.05) is 0 Å². The zero-order valence-electron chi connectivity index (χ0n) is 8.72. The van der Waals surface area contributed by atoms with Gasteiger partial charge in [-0.2, -0.15) is 0 Å². The van der Waals surface area contributed by atoms with Crippen LogP contribution in [0, 0.1) is 5.82 Å². The van der Waals surface area contributed by atoms with E-state index in [4.69, 9.17) is 0 Å². The van der Waals surface area contributed by atoms with Crippen LogP contribution in [0.15, 0.2) is 18.5 Å². The minimum absolute atomic E-state index is 0.0436. The number of hydrogen-bond donors (Lipinski definition) is 0. The number of hydrogen-bond acceptors (Lipinski definition) is 1. The molecule has 3 heteroatoms. The number of pyridine rings is 1. The summed E-state index contributed by atoms with van der Waals surface area (Å²) in [5.74, 6) is -0.266. The van der Waals surface area contributed by atoms with Crippen molar-refractivity contribution in [3.63, 3.8) is 0 Å². The smallest absolute Gasteiger partial charge is 0.141 e. The highest BCUT2D eigenvalue weighted by molar-refractivity contribution is 9.09. The minimum atomic E-state index is -0.266. The standard InChI is InChI=1S/C11H15BrFN/c1-8(12)5-11(2,3)9-4-10(13)7-14-6-9/h4,6-8H,5H2,1-3H3. The molecule has 0 fully saturated rings. The molecule has 0 aromatic carbocycles. The maximum absolute atomic E-state index is 13.0. The van der Waals surface area contributed by atoms with Crippen molar-refractivity contribution in [1.29, 1.82) is 0 Å². The number of aromatic nitrogens is 1. The molecule has 1 heterocycles. The average Bonchev–Trinajstić information content (AvgIpc) is 2.01. The second-order valence-corrected chi connectivity index (χ2v) is 5.82. The highest BCUT2D eigenvalue weighted by Crippen LogP contribution is 2.30. The van der Waals surface area contributed by atoms with E-state index in [1.54, 1.807) is 12.3 Å². The van der Waals surface area contributed by atoms with Crippen LogP contribution in [0.3, 0.4) is 0 Å². The molecule has 1 rings (SSSR count). The molecule has 78 valence electrons. The fraction of sp³-hybridized carbons (Fsp3) is 0.545. The van der Waals surface area contributed by atoms with Crippen LogP contribution in [0.5, 0.6) is 0 Å². The summed E-state index contributed by atoms with van der Waals surface area (Å²) in [6, 6.07) is 1.56. The number of nitrogens with zero attached hydrogens (tertiary/aromatic N) is 1. The van der Waals surface area contributed by atoms with Crippen molar-refractivity contribution in [3.05, 3.63) is 29.8 Å². The molecule has 1 nitrogen and oxygen atoms in total. The summed E-state index contributed by atoms with van der Waals surface area (Å²) in [5.41, 5.74) is 0.904. The van der Waals surface area contributed by atoms with Gasteiger partial charge < -0.3 is 0 Å². The summed E-state index contributed by atoms with van der Waals surface area (Å²) in [7, 11) is 0. The second kappa shape index (κ2) is 4.39. The van der Waals surface area contributed by atoms with Gasteiger partial charge in [0.2, 0.25) is 0 Å². The molecule has 0 N–H and O–H groups in total. The van der Waals surface area contributed by atoms with Gasteiger partial charge in [0.15, 0.2) is 0 Å². The Hall–Kier alpha value is -0.440. The lowest BCUT2D eigenvalue weighted by atomic mass is 9.81. The van der Waals surface area contributed by atoms with Gasteiger partial charge in [-0.3, -0.25) is 4.98 Å². The molecular formula is C11H15BrFN. The van der Waals surface area contributed by atoms with Gasteiger partial charge in [-0.15, -0.1) is 0 Å². The van der Waals surface area contributed by atoms with Crippen LogP contribution in [0.25, 0.3) is 0 Å². The molecule has 1 atom stereocenters. The van der Waals surface area contributed by atoms with E-state index in [0.717, 1.165) is 12.0 Å². The summed E-state index contributed by atoms with van der Waals surface area (Å²) < 4.78 is 13.0. The average molecular weight is 260 g/mol. The van der Waals surface area contributed by atoms with E-state index in [2.05, 4.69) is 41.7 Å². The third-order valence-electron chi connectivity index (χ3n) is 2.28. The Balaban J connectivity index is 2.91. The second-order valence-electron chi connectivity index (χ2n) is 4.26. The van der Waals surface area contributed by atoms with Gasteiger partial charge in [-0.1, -0.05) is 36.7 Å². The van der Waals surface area contributed by atoms with E-state index in [0.29, 0.717) is 4.83 Å². The van der Waals surface area contributed by atoms with Gasteiger partial charge in [0, 0.05) is 11.0 Å². The SMILES string of the molecule is CC(Br)CC(C)(C)c1cncc(F)c1. The number of halogens is 2. The lowest BCUT2D eigenvalue weighted by molar-refractivity contribution is 0.475. The van der Waals surface area contributed by atoms with Gasteiger partial charge in [0.1, 0.15) is 5.82 Å². The van der Waals surface area contributed by atoms with Crippen molar-refractivity contribution < 1.29 is 4.39 Å². The first kappa shape index (κ1) is 11.6. The fourth-order valence-electron chi connectivity index (χ4n) is 1.60. The zero-order chi connectivity index (χ0) is 10.8. The van der Waals surface area contributed by atoms with Gasteiger partial charge in [0.05, 0.1) is 6.20 Å². The molecule has 0 amide bonds. The van der Waals surface area contributed by atoms with Crippen molar-refractivity contribution in [3.8, 4) is 0 Å². The van der Waals surface area contributed by atoms with Crippen LogP contribution in [0.2, 0.25) is 0 Å². The Kier molecular flexibility index (Phi) is 3.65. The molecule has 0 radical (unpaired) electrons. The van der Waals surface area contributed by atoms with Gasteiger partial charge in [-0.05, 0) is 23.5 Å². The van der Waals surface area contributed by atoms with Crippen LogP contribution in [-0.2, 0) is 5.41 Å². The maximum atomic E-state index is 13.0. The van der Waals surface area contributed by atoms with Crippen LogP contribution < -0.4 is 0 Å². The van der Waals surface area contributed by atoms with Crippen molar-refractivity contribution in [2.24, 2.45) is 0 Å². The number of alkyl halides is 1. The summed E-state index contributed by atoms with van der Waals surface area (Å²) in [5, 5.41) is 0. The zero-order valence-corrected chi connectivity index (χ0v) is 10.3. The Morgan fingerprint density at radius 3 is 2.64 bits per heavy atom. The van der Waals surface area contributed by atoms with Crippen LogP contribution in [0.4, 0.5) is 4.39 Å². The summed E-state index contributed by atoms with van der Waals surface area (Å²) in [4.78, 5) is 4.28. The molecule has 1 aromatic rings.